The average Bonchev–Trinajstić information content (AvgIpc) is 2.91. The van der Waals surface area contributed by atoms with Crippen LogP contribution >= 0.6 is 35.3 Å². The number of aliphatic imine (C=N–C) groups is 1. The third-order valence-corrected chi connectivity index (χ3v) is 4.28. The van der Waals surface area contributed by atoms with Crippen LogP contribution in [0.1, 0.15) is 39.5 Å². The second kappa shape index (κ2) is 9.46. The summed E-state index contributed by atoms with van der Waals surface area (Å²) in [6.45, 7) is 11.2. The number of nitrogens with zero attached hydrogens (tertiary/aromatic N) is 1. The molecule has 0 aliphatic rings. The Bertz CT molecular complexity index is 507. The molecule has 1 aromatic heterocycles. The van der Waals surface area contributed by atoms with Gasteiger partial charge in [-0.3, -0.25) is 9.79 Å². The van der Waals surface area contributed by atoms with Gasteiger partial charge < -0.3 is 16.0 Å². The summed E-state index contributed by atoms with van der Waals surface area (Å²) in [5, 5.41) is 11.3. The number of hydrogen-bond acceptors (Lipinski definition) is 3. The van der Waals surface area contributed by atoms with Crippen LogP contribution in [0.15, 0.2) is 22.5 Å². The molecule has 0 radical (unpaired) electrons. The van der Waals surface area contributed by atoms with E-state index in [1.807, 2.05) is 20.8 Å². The molecule has 0 fully saturated rings. The SMILES string of the molecule is CN=C(NCC(=O)NC(C)(C)C)NCC(C)(C)c1cccs1.I. The molecule has 0 saturated heterocycles. The van der Waals surface area contributed by atoms with E-state index in [9.17, 15) is 4.79 Å². The first-order valence-electron chi connectivity index (χ1n) is 7.43. The van der Waals surface area contributed by atoms with Crippen molar-refractivity contribution < 1.29 is 4.79 Å². The molecular formula is C16H29IN4OS. The minimum Gasteiger partial charge on any atom is -0.356 e. The third-order valence-electron chi connectivity index (χ3n) is 3.04. The first kappa shape index (κ1) is 22.2. The zero-order valence-electron chi connectivity index (χ0n) is 14.8. The fourth-order valence-electron chi connectivity index (χ4n) is 1.90. The molecule has 1 aromatic rings. The molecule has 1 heterocycles. The molecule has 7 heteroatoms. The topological polar surface area (TPSA) is 65.5 Å². The summed E-state index contributed by atoms with van der Waals surface area (Å²) in [6.07, 6.45) is 0. The normalized spacial score (nSPS) is 12.3. The van der Waals surface area contributed by atoms with E-state index in [1.165, 1.54) is 4.88 Å². The van der Waals surface area contributed by atoms with Crippen LogP contribution in [0, 0.1) is 0 Å². The summed E-state index contributed by atoms with van der Waals surface area (Å²) in [5.74, 6) is 0.585. The van der Waals surface area contributed by atoms with Crippen molar-refractivity contribution in [3.05, 3.63) is 22.4 Å². The highest BCUT2D eigenvalue weighted by molar-refractivity contribution is 14.0. The van der Waals surface area contributed by atoms with Crippen molar-refractivity contribution in [3.63, 3.8) is 0 Å². The van der Waals surface area contributed by atoms with Gasteiger partial charge in [-0.25, -0.2) is 0 Å². The first-order valence-corrected chi connectivity index (χ1v) is 8.31. The Balaban J connectivity index is 0.00000484. The molecule has 0 aliphatic heterocycles. The highest BCUT2D eigenvalue weighted by atomic mass is 127. The summed E-state index contributed by atoms with van der Waals surface area (Å²) in [5.41, 5.74) is -0.212. The fraction of sp³-hybridized carbons (Fsp3) is 0.625. The largest absolute Gasteiger partial charge is 0.356 e. The van der Waals surface area contributed by atoms with Gasteiger partial charge in [0.1, 0.15) is 0 Å². The molecule has 0 saturated carbocycles. The average molecular weight is 452 g/mol. The van der Waals surface area contributed by atoms with Crippen LogP contribution < -0.4 is 16.0 Å². The molecule has 1 amide bonds. The number of carbonyl (C=O) groups excluding carboxylic acids is 1. The molecule has 0 atom stereocenters. The predicted molar refractivity (Wildman–Crippen MR) is 110 cm³/mol. The summed E-state index contributed by atoms with van der Waals surface area (Å²) >= 11 is 1.75. The van der Waals surface area contributed by atoms with Crippen molar-refractivity contribution in [2.24, 2.45) is 4.99 Å². The Labute approximate surface area is 160 Å². The van der Waals surface area contributed by atoms with Crippen molar-refractivity contribution in [1.82, 2.24) is 16.0 Å². The molecule has 0 spiro atoms. The van der Waals surface area contributed by atoms with Crippen molar-refractivity contribution in [3.8, 4) is 0 Å². The third kappa shape index (κ3) is 8.55. The Hall–Kier alpha value is -0.830. The highest BCUT2D eigenvalue weighted by Gasteiger charge is 2.22. The highest BCUT2D eigenvalue weighted by Crippen LogP contribution is 2.26. The van der Waals surface area contributed by atoms with Gasteiger partial charge in [-0.15, -0.1) is 35.3 Å². The lowest BCUT2D eigenvalue weighted by Gasteiger charge is -2.25. The van der Waals surface area contributed by atoms with Crippen LogP contribution in [-0.2, 0) is 10.2 Å². The lowest BCUT2D eigenvalue weighted by atomic mass is 9.91. The summed E-state index contributed by atoms with van der Waals surface area (Å²) in [6, 6.07) is 4.20. The maximum Gasteiger partial charge on any atom is 0.239 e. The number of hydrogen-bond donors (Lipinski definition) is 3. The number of amides is 1. The molecule has 1 rings (SSSR count). The van der Waals surface area contributed by atoms with Crippen LogP contribution in [-0.4, -0.2) is 37.5 Å². The van der Waals surface area contributed by atoms with E-state index in [-0.39, 0.29) is 47.4 Å². The predicted octanol–water partition coefficient (Wildman–Crippen LogP) is 2.72. The number of nitrogens with one attached hydrogen (secondary N) is 3. The summed E-state index contributed by atoms with van der Waals surface area (Å²) < 4.78 is 0. The molecule has 0 aromatic carbocycles. The van der Waals surface area contributed by atoms with Crippen LogP contribution in [0.5, 0.6) is 0 Å². The van der Waals surface area contributed by atoms with Crippen molar-refractivity contribution in [1.29, 1.82) is 0 Å². The Kier molecular flexibility index (Phi) is 9.12. The number of rotatable bonds is 5. The molecule has 0 aliphatic carbocycles. The minimum absolute atomic E-state index is 0. The number of thiophene rings is 1. The molecule has 0 unspecified atom stereocenters. The molecule has 5 nitrogen and oxygen atoms in total. The molecule has 3 N–H and O–H groups in total. The lowest BCUT2D eigenvalue weighted by Crippen LogP contribution is -2.49. The second-order valence-electron chi connectivity index (χ2n) is 6.94. The van der Waals surface area contributed by atoms with E-state index in [4.69, 9.17) is 0 Å². The summed E-state index contributed by atoms with van der Waals surface area (Å²) in [7, 11) is 1.70. The number of guanidine groups is 1. The van der Waals surface area contributed by atoms with Gasteiger partial charge in [0.05, 0.1) is 6.54 Å². The van der Waals surface area contributed by atoms with E-state index in [0.29, 0.717) is 5.96 Å². The van der Waals surface area contributed by atoms with Crippen LogP contribution in [0.25, 0.3) is 0 Å². The second-order valence-corrected chi connectivity index (χ2v) is 7.89. The first-order chi connectivity index (χ1) is 10.1. The van der Waals surface area contributed by atoms with Crippen molar-refractivity contribution >= 4 is 47.2 Å². The van der Waals surface area contributed by atoms with Crippen molar-refractivity contribution in [2.45, 2.75) is 45.6 Å². The van der Waals surface area contributed by atoms with E-state index in [2.05, 4.69) is 52.3 Å². The zero-order chi connectivity index (χ0) is 16.8. The van der Waals surface area contributed by atoms with Crippen LogP contribution in [0.3, 0.4) is 0 Å². The van der Waals surface area contributed by atoms with Crippen LogP contribution in [0.2, 0.25) is 0 Å². The molecular weight excluding hydrogens is 423 g/mol. The van der Waals surface area contributed by atoms with E-state index in [0.717, 1.165) is 6.54 Å². The van der Waals surface area contributed by atoms with Crippen molar-refractivity contribution in [2.75, 3.05) is 20.1 Å². The number of halogens is 1. The van der Waals surface area contributed by atoms with E-state index < -0.39 is 0 Å². The van der Waals surface area contributed by atoms with Gasteiger partial charge in [0, 0.05) is 29.4 Å². The zero-order valence-corrected chi connectivity index (χ0v) is 18.0. The van der Waals surface area contributed by atoms with Gasteiger partial charge in [-0.2, -0.15) is 0 Å². The van der Waals surface area contributed by atoms with Gasteiger partial charge in [-0.05, 0) is 32.2 Å². The standard InChI is InChI=1S/C16H28N4OS.HI/c1-15(2,3)20-13(21)10-18-14(17-6)19-11-16(4,5)12-8-7-9-22-12;/h7-9H,10-11H2,1-6H3,(H,20,21)(H2,17,18,19);1H. The van der Waals surface area contributed by atoms with Gasteiger partial charge in [-0.1, -0.05) is 19.9 Å². The van der Waals surface area contributed by atoms with E-state index in [1.54, 1.807) is 18.4 Å². The fourth-order valence-corrected chi connectivity index (χ4v) is 2.75. The summed E-state index contributed by atoms with van der Waals surface area (Å²) in [4.78, 5) is 17.3. The van der Waals surface area contributed by atoms with E-state index >= 15 is 0 Å². The minimum atomic E-state index is -0.225. The smallest absolute Gasteiger partial charge is 0.239 e. The Morgan fingerprint density at radius 2 is 1.87 bits per heavy atom. The van der Waals surface area contributed by atoms with Gasteiger partial charge in [0.2, 0.25) is 5.91 Å². The van der Waals surface area contributed by atoms with Gasteiger partial charge in [0.25, 0.3) is 0 Å². The van der Waals surface area contributed by atoms with Crippen LogP contribution in [0.4, 0.5) is 0 Å². The quantitative estimate of drug-likeness (QED) is 0.366. The Morgan fingerprint density at radius 1 is 1.22 bits per heavy atom. The monoisotopic (exact) mass is 452 g/mol. The molecule has 132 valence electrons. The maximum absolute atomic E-state index is 11.8. The molecule has 0 bridgehead atoms. The van der Waals surface area contributed by atoms with Gasteiger partial charge in [0.15, 0.2) is 5.96 Å². The van der Waals surface area contributed by atoms with Gasteiger partial charge >= 0.3 is 0 Å². The number of carbonyl (C=O) groups is 1. The maximum atomic E-state index is 11.8. The lowest BCUT2D eigenvalue weighted by molar-refractivity contribution is -0.121. The molecule has 23 heavy (non-hydrogen) atoms. The Morgan fingerprint density at radius 3 is 2.35 bits per heavy atom.